The predicted octanol–water partition coefficient (Wildman–Crippen LogP) is 2.71. The van der Waals surface area contributed by atoms with E-state index in [2.05, 4.69) is 41.4 Å². The van der Waals surface area contributed by atoms with Crippen LogP contribution in [0.4, 0.5) is 5.69 Å². The van der Waals surface area contributed by atoms with E-state index >= 15 is 0 Å². The molecule has 0 bridgehead atoms. The number of aliphatic hydroxyl groups excluding tert-OH is 1. The van der Waals surface area contributed by atoms with Crippen molar-refractivity contribution in [3.8, 4) is 0 Å². The average molecular weight is 309 g/mol. The summed E-state index contributed by atoms with van der Waals surface area (Å²) < 4.78 is 0. The van der Waals surface area contributed by atoms with Crippen LogP contribution in [0, 0.1) is 0 Å². The maximum Gasteiger partial charge on any atom is 0.198 e. The molecule has 4 heteroatoms. The first-order chi connectivity index (χ1) is 11.3. The zero-order valence-electron chi connectivity index (χ0n) is 13.5. The Balaban J connectivity index is 1.81. The number of fused-ring (bicyclic) bond motifs is 1. The molecule has 0 spiro atoms. The van der Waals surface area contributed by atoms with Crippen molar-refractivity contribution >= 4 is 11.6 Å². The van der Waals surface area contributed by atoms with E-state index in [-0.39, 0.29) is 6.61 Å². The molecule has 0 radical (unpaired) electrons. The molecule has 0 atom stereocenters. The van der Waals surface area contributed by atoms with Gasteiger partial charge in [-0.2, -0.15) is 0 Å². The number of anilines is 1. The minimum Gasteiger partial charge on any atom is -0.392 e. The van der Waals surface area contributed by atoms with Gasteiger partial charge in [0.05, 0.1) is 13.2 Å². The molecule has 3 rings (SSSR count). The molecular weight excluding hydrogens is 286 g/mol. The fourth-order valence-corrected chi connectivity index (χ4v) is 2.95. The Bertz CT molecular complexity index is 697. The Morgan fingerprint density at radius 3 is 2.83 bits per heavy atom. The van der Waals surface area contributed by atoms with E-state index in [1.807, 2.05) is 24.3 Å². The fourth-order valence-electron chi connectivity index (χ4n) is 2.95. The fraction of sp³-hybridized carbons (Fsp3) is 0.316. The Morgan fingerprint density at radius 1 is 1.17 bits per heavy atom. The van der Waals surface area contributed by atoms with Gasteiger partial charge >= 0.3 is 0 Å². The average Bonchev–Trinajstić information content (AvgIpc) is 3.03. The molecule has 23 heavy (non-hydrogen) atoms. The summed E-state index contributed by atoms with van der Waals surface area (Å²) in [4.78, 5) is 7.05. The van der Waals surface area contributed by atoms with E-state index < -0.39 is 0 Å². The van der Waals surface area contributed by atoms with Crippen molar-refractivity contribution in [3.63, 3.8) is 0 Å². The first-order valence-electron chi connectivity index (χ1n) is 8.14. The van der Waals surface area contributed by atoms with Crippen molar-refractivity contribution in [2.45, 2.75) is 26.5 Å². The maximum absolute atomic E-state index is 9.25. The molecule has 2 aromatic carbocycles. The molecule has 2 N–H and O–H groups in total. The minimum absolute atomic E-state index is 0.0666. The second-order valence-corrected chi connectivity index (χ2v) is 5.68. The Labute approximate surface area is 137 Å². The van der Waals surface area contributed by atoms with Crippen LogP contribution in [0.15, 0.2) is 53.5 Å². The van der Waals surface area contributed by atoms with Crippen LogP contribution in [-0.2, 0) is 19.6 Å². The number of nitrogens with one attached hydrogen (secondary N) is 1. The number of nitrogens with zero attached hydrogens (tertiary/aromatic N) is 2. The van der Waals surface area contributed by atoms with Crippen LogP contribution < -0.4 is 10.2 Å². The molecule has 1 aliphatic heterocycles. The maximum atomic E-state index is 9.25. The van der Waals surface area contributed by atoms with Crippen LogP contribution in [0.25, 0.3) is 0 Å². The summed E-state index contributed by atoms with van der Waals surface area (Å²) >= 11 is 0. The van der Waals surface area contributed by atoms with E-state index in [4.69, 9.17) is 4.99 Å². The first kappa shape index (κ1) is 15.6. The zero-order valence-corrected chi connectivity index (χ0v) is 13.5. The summed E-state index contributed by atoms with van der Waals surface area (Å²) in [5.41, 5.74) is 4.66. The van der Waals surface area contributed by atoms with Gasteiger partial charge in [0.15, 0.2) is 5.96 Å². The molecule has 0 saturated heterocycles. The topological polar surface area (TPSA) is 47.9 Å². The highest BCUT2D eigenvalue weighted by Gasteiger charge is 2.22. The molecule has 1 heterocycles. The molecular formula is C19H23N3O. The number of guanidine groups is 1. The summed E-state index contributed by atoms with van der Waals surface area (Å²) in [6, 6.07) is 16.4. The number of hydrogen-bond donors (Lipinski definition) is 2. The molecule has 0 fully saturated rings. The minimum atomic E-state index is 0.0666. The number of benzene rings is 2. The molecule has 0 unspecified atom stereocenters. The lowest BCUT2D eigenvalue weighted by atomic mass is 10.1. The number of aliphatic hydroxyl groups is 1. The lowest BCUT2D eigenvalue weighted by molar-refractivity contribution is 0.281. The summed E-state index contributed by atoms with van der Waals surface area (Å²) in [6.45, 7) is 4.56. The van der Waals surface area contributed by atoms with Crippen LogP contribution in [0.2, 0.25) is 0 Å². The lowest BCUT2D eigenvalue weighted by Crippen LogP contribution is -2.40. The molecule has 0 saturated carbocycles. The molecule has 0 aromatic heterocycles. The van der Waals surface area contributed by atoms with Gasteiger partial charge in [0.2, 0.25) is 0 Å². The lowest BCUT2D eigenvalue weighted by Gasteiger charge is -2.22. The molecule has 4 nitrogen and oxygen atoms in total. The predicted molar refractivity (Wildman–Crippen MR) is 94.7 cm³/mol. The highest BCUT2D eigenvalue weighted by molar-refractivity contribution is 5.97. The Morgan fingerprint density at radius 2 is 2.00 bits per heavy atom. The van der Waals surface area contributed by atoms with Gasteiger partial charge in [0, 0.05) is 18.8 Å². The van der Waals surface area contributed by atoms with Crippen molar-refractivity contribution in [1.82, 2.24) is 5.32 Å². The SMILES string of the molecule is CCNC(=NCc1cccc(CO)c1)N1CCc2ccccc21. The monoisotopic (exact) mass is 309 g/mol. The van der Waals surface area contributed by atoms with Gasteiger partial charge in [0.25, 0.3) is 0 Å². The zero-order chi connectivity index (χ0) is 16.1. The van der Waals surface area contributed by atoms with Gasteiger partial charge in [-0.05, 0) is 36.1 Å². The van der Waals surface area contributed by atoms with E-state index in [1.54, 1.807) is 0 Å². The van der Waals surface area contributed by atoms with Crippen molar-refractivity contribution in [2.75, 3.05) is 18.0 Å². The van der Waals surface area contributed by atoms with Crippen molar-refractivity contribution in [3.05, 3.63) is 65.2 Å². The highest BCUT2D eigenvalue weighted by atomic mass is 16.3. The summed E-state index contributed by atoms with van der Waals surface area (Å²) in [7, 11) is 0. The normalized spacial score (nSPS) is 14.0. The third kappa shape index (κ3) is 3.54. The molecule has 120 valence electrons. The van der Waals surface area contributed by atoms with E-state index in [0.717, 1.165) is 36.6 Å². The van der Waals surface area contributed by atoms with Crippen molar-refractivity contribution in [1.29, 1.82) is 0 Å². The van der Waals surface area contributed by atoms with E-state index in [1.165, 1.54) is 11.3 Å². The van der Waals surface area contributed by atoms with Gasteiger partial charge in [-0.1, -0.05) is 42.5 Å². The quantitative estimate of drug-likeness (QED) is 0.674. The number of aliphatic imine (C=N–C) groups is 1. The first-order valence-corrected chi connectivity index (χ1v) is 8.14. The van der Waals surface area contributed by atoms with Gasteiger partial charge in [-0.25, -0.2) is 4.99 Å². The standard InChI is InChI=1S/C19H23N3O/c1-2-20-19(21-13-15-6-5-7-16(12-15)14-23)22-11-10-17-8-3-4-9-18(17)22/h3-9,12,23H,2,10-11,13-14H2,1H3,(H,20,21). The third-order valence-electron chi connectivity index (χ3n) is 4.06. The van der Waals surface area contributed by atoms with Crippen LogP contribution in [0.3, 0.4) is 0 Å². The third-order valence-corrected chi connectivity index (χ3v) is 4.06. The second kappa shape index (κ2) is 7.29. The molecule has 2 aromatic rings. The number of rotatable bonds is 4. The molecule has 1 aliphatic rings. The van der Waals surface area contributed by atoms with Crippen molar-refractivity contribution in [2.24, 2.45) is 4.99 Å². The van der Waals surface area contributed by atoms with Crippen LogP contribution in [0.1, 0.15) is 23.6 Å². The van der Waals surface area contributed by atoms with Crippen LogP contribution in [-0.4, -0.2) is 24.2 Å². The highest BCUT2D eigenvalue weighted by Crippen LogP contribution is 2.27. The van der Waals surface area contributed by atoms with Crippen LogP contribution in [0.5, 0.6) is 0 Å². The Kier molecular flexibility index (Phi) is 4.93. The van der Waals surface area contributed by atoms with Gasteiger partial charge in [0.1, 0.15) is 0 Å². The van der Waals surface area contributed by atoms with E-state index in [0.29, 0.717) is 6.54 Å². The second-order valence-electron chi connectivity index (χ2n) is 5.68. The number of hydrogen-bond acceptors (Lipinski definition) is 2. The Hall–Kier alpha value is -2.33. The van der Waals surface area contributed by atoms with Crippen molar-refractivity contribution < 1.29 is 5.11 Å². The van der Waals surface area contributed by atoms with Crippen LogP contribution >= 0.6 is 0 Å². The number of para-hydroxylation sites is 1. The van der Waals surface area contributed by atoms with Gasteiger partial charge < -0.3 is 15.3 Å². The smallest absolute Gasteiger partial charge is 0.198 e. The summed E-state index contributed by atoms with van der Waals surface area (Å²) in [5, 5.41) is 12.6. The summed E-state index contributed by atoms with van der Waals surface area (Å²) in [6.07, 6.45) is 1.06. The summed E-state index contributed by atoms with van der Waals surface area (Å²) in [5.74, 6) is 0.923. The molecule has 0 amide bonds. The van der Waals surface area contributed by atoms with E-state index in [9.17, 15) is 5.11 Å². The molecule has 0 aliphatic carbocycles. The largest absolute Gasteiger partial charge is 0.392 e. The van der Waals surface area contributed by atoms with Gasteiger partial charge in [-0.15, -0.1) is 0 Å². The van der Waals surface area contributed by atoms with Gasteiger partial charge in [-0.3, -0.25) is 0 Å².